The van der Waals surface area contributed by atoms with Crippen LogP contribution in [-0.2, 0) is 11.0 Å². The molecule has 2 saturated heterocycles. The quantitative estimate of drug-likeness (QED) is 0.866. The topological polar surface area (TPSA) is 45.2 Å². The van der Waals surface area contributed by atoms with E-state index < -0.39 is 11.9 Å². The fourth-order valence-electron chi connectivity index (χ4n) is 3.39. The number of hydrogen-bond donors (Lipinski definition) is 1. The molecule has 0 radical (unpaired) electrons. The van der Waals surface area contributed by atoms with E-state index in [0.29, 0.717) is 24.2 Å². The van der Waals surface area contributed by atoms with Crippen LogP contribution in [0.5, 0.6) is 0 Å². The van der Waals surface area contributed by atoms with E-state index >= 15 is 0 Å². The summed E-state index contributed by atoms with van der Waals surface area (Å²) in [5.74, 6) is -0.0217. The van der Waals surface area contributed by atoms with E-state index in [2.05, 4.69) is 10.3 Å². The molecule has 2 fully saturated rings. The average Bonchev–Trinajstić information content (AvgIpc) is 2.75. The van der Waals surface area contributed by atoms with Crippen LogP contribution in [0.3, 0.4) is 0 Å². The zero-order chi connectivity index (χ0) is 16.0. The maximum absolute atomic E-state index is 12.7. The molecule has 3 heterocycles. The van der Waals surface area contributed by atoms with Crippen molar-refractivity contribution in [1.82, 2.24) is 10.3 Å². The highest BCUT2D eigenvalue weighted by molar-refractivity contribution is 5.96. The van der Waals surface area contributed by atoms with Crippen molar-refractivity contribution < 1.29 is 18.0 Å². The molecule has 0 bridgehead atoms. The number of aromatic nitrogens is 1. The standard InChI is InChI=1S/C15H18F3N3O/c1-10-6-12(15(16,17)18)20-8-11(10)21-9-14(7-13(21)22)2-4-19-5-3-14/h6,8,19H,2-5,7,9H2,1H3. The van der Waals surface area contributed by atoms with Gasteiger partial charge in [0.2, 0.25) is 5.91 Å². The lowest BCUT2D eigenvalue weighted by molar-refractivity contribution is -0.141. The zero-order valence-electron chi connectivity index (χ0n) is 12.3. The Balaban J connectivity index is 1.87. The number of carbonyl (C=O) groups is 1. The van der Waals surface area contributed by atoms with Gasteiger partial charge in [-0.3, -0.25) is 4.79 Å². The van der Waals surface area contributed by atoms with Crippen LogP contribution in [0.15, 0.2) is 12.3 Å². The van der Waals surface area contributed by atoms with Crippen LogP contribution in [0.4, 0.5) is 18.9 Å². The second-order valence-electron chi connectivity index (χ2n) is 6.26. The Morgan fingerprint density at radius 3 is 2.59 bits per heavy atom. The van der Waals surface area contributed by atoms with E-state index in [1.807, 2.05) is 0 Å². The maximum atomic E-state index is 12.7. The van der Waals surface area contributed by atoms with Crippen LogP contribution >= 0.6 is 0 Å². The van der Waals surface area contributed by atoms with Gasteiger partial charge < -0.3 is 10.2 Å². The number of carbonyl (C=O) groups excluding carboxylic acids is 1. The van der Waals surface area contributed by atoms with Gasteiger partial charge in [-0.2, -0.15) is 13.2 Å². The third-order valence-electron chi connectivity index (χ3n) is 4.65. The molecule has 0 unspecified atom stereocenters. The minimum Gasteiger partial charge on any atom is -0.317 e. The molecule has 7 heteroatoms. The molecule has 0 saturated carbocycles. The summed E-state index contributed by atoms with van der Waals surface area (Å²) in [7, 11) is 0. The molecule has 2 aliphatic rings. The molecule has 22 heavy (non-hydrogen) atoms. The number of alkyl halides is 3. The number of nitrogens with zero attached hydrogens (tertiary/aromatic N) is 2. The Morgan fingerprint density at radius 2 is 2.00 bits per heavy atom. The molecule has 1 amide bonds. The monoisotopic (exact) mass is 313 g/mol. The summed E-state index contributed by atoms with van der Waals surface area (Å²) >= 11 is 0. The summed E-state index contributed by atoms with van der Waals surface area (Å²) in [6.07, 6.45) is -0.982. The van der Waals surface area contributed by atoms with Crippen LogP contribution in [0, 0.1) is 12.3 Å². The molecule has 0 aromatic carbocycles. The summed E-state index contributed by atoms with van der Waals surface area (Å²) in [4.78, 5) is 17.4. The van der Waals surface area contributed by atoms with Crippen molar-refractivity contribution in [3.8, 4) is 0 Å². The van der Waals surface area contributed by atoms with Crippen molar-refractivity contribution in [3.05, 3.63) is 23.5 Å². The van der Waals surface area contributed by atoms with Crippen LogP contribution in [-0.4, -0.2) is 30.5 Å². The third kappa shape index (κ3) is 2.69. The van der Waals surface area contributed by atoms with Gasteiger partial charge in [-0.1, -0.05) is 0 Å². The molecule has 0 atom stereocenters. The smallest absolute Gasteiger partial charge is 0.317 e. The lowest BCUT2D eigenvalue weighted by Gasteiger charge is -2.33. The van der Waals surface area contributed by atoms with Crippen LogP contribution < -0.4 is 10.2 Å². The first-order chi connectivity index (χ1) is 10.3. The average molecular weight is 313 g/mol. The molecule has 1 N–H and O–H groups in total. The Morgan fingerprint density at radius 1 is 1.32 bits per heavy atom. The fraction of sp³-hybridized carbons (Fsp3) is 0.600. The van der Waals surface area contributed by atoms with E-state index in [4.69, 9.17) is 0 Å². The lowest BCUT2D eigenvalue weighted by atomic mass is 9.78. The van der Waals surface area contributed by atoms with Crippen LogP contribution in [0.1, 0.15) is 30.5 Å². The summed E-state index contributed by atoms with van der Waals surface area (Å²) in [5.41, 5.74) is -0.0377. The molecular formula is C15H18F3N3O. The van der Waals surface area contributed by atoms with Crippen molar-refractivity contribution in [3.63, 3.8) is 0 Å². The molecule has 3 rings (SSSR count). The number of pyridine rings is 1. The van der Waals surface area contributed by atoms with E-state index in [-0.39, 0.29) is 11.3 Å². The number of hydrogen-bond acceptors (Lipinski definition) is 3. The van der Waals surface area contributed by atoms with Gasteiger partial charge in [-0.15, -0.1) is 0 Å². The maximum Gasteiger partial charge on any atom is 0.433 e. The number of amides is 1. The number of piperidine rings is 1. The summed E-state index contributed by atoms with van der Waals surface area (Å²) in [5, 5.41) is 3.27. The fourth-order valence-corrected chi connectivity index (χ4v) is 3.39. The van der Waals surface area contributed by atoms with Crippen molar-refractivity contribution in [1.29, 1.82) is 0 Å². The number of anilines is 1. The van der Waals surface area contributed by atoms with Gasteiger partial charge >= 0.3 is 6.18 Å². The van der Waals surface area contributed by atoms with E-state index in [1.54, 1.807) is 11.8 Å². The van der Waals surface area contributed by atoms with Gasteiger partial charge in [-0.25, -0.2) is 4.98 Å². The van der Waals surface area contributed by atoms with Crippen molar-refractivity contribution in [2.24, 2.45) is 5.41 Å². The first-order valence-electron chi connectivity index (χ1n) is 7.36. The lowest BCUT2D eigenvalue weighted by Crippen LogP contribution is -2.38. The molecular weight excluding hydrogens is 295 g/mol. The summed E-state index contributed by atoms with van der Waals surface area (Å²) < 4.78 is 38.1. The van der Waals surface area contributed by atoms with Crippen molar-refractivity contribution >= 4 is 11.6 Å². The summed E-state index contributed by atoms with van der Waals surface area (Å²) in [6, 6.07) is 1.01. The molecule has 1 aromatic heterocycles. The molecule has 1 aromatic rings. The number of aryl methyl sites for hydroxylation is 1. The van der Waals surface area contributed by atoms with Crippen molar-refractivity contribution in [2.45, 2.75) is 32.4 Å². The highest BCUT2D eigenvalue weighted by Gasteiger charge is 2.44. The summed E-state index contributed by atoms with van der Waals surface area (Å²) in [6.45, 7) is 3.92. The number of nitrogens with one attached hydrogen (secondary N) is 1. The van der Waals surface area contributed by atoms with Gasteiger partial charge in [0.25, 0.3) is 0 Å². The Kier molecular flexibility index (Phi) is 3.63. The van der Waals surface area contributed by atoms with Crippen LogP contribution in [0.25, 0.3) is 0 Å². The third-order valence-corrected chi connectivity index (χ3v) is 4.65. The van der Waals surface area contributed by atoms with Gasteiger partial charge in [0, 0.05) is 13.0 Å². The SMILES string of the molecule is Cc1cc(C(F)(F)F)ncc1N1CC2(CCNCC2)CC1=O. The number of rotatable bonds is 1. The molecule has 2 aliphatic heterocycles. The van der Waals surface area contributed by atoms with Crippen molar-refractivity contribution in [2.75, 3.05) is 24.5 Å². The Bertz CT molecular complexity index is 594. The molecule has 0 aliphatic carbocycles. The van der Waals surface area contributed by atoms with Gasteiger partial charge in [0.1, 0.15) is 5.69 Å². The largest absolute Gasteiger partial charge is 0.433 e. The normalized spacial score (nSPS) is 21.6. The van der Waals surface area contributed by atoms with Gasteiger partial charge in [-0.05, 0) is 49.9 Å². The van der Waals surface area contributed by atoms with Gasteiger partial charge in [0.15, 0.2) is 0 Å². The first-order valence-corrected chi connectivity index (χ1v) is 7.36. The molecule has 4 nitrogen and oxygen atoms in total. The Hall–Kier alpha value is -1.63. The van der Waals surface area contributed by atoms with Crippen LogP contribution in [0.2, 0.25) is 0 Å². The Labute approximate surface area is 126 Å². The molecule has 120 valence electrons. The van der Waals surface area contributed by atoms with E-state index in [1.165, 1.54) is 6.20 Å². The molecule has 1 spiro atoms. The van der Waals surface area contributed by atoms with E-state index in [0.717, 1.165) is 32.0 Å². The van der Waals surface area contributed by atoms with E-state index in [9.17, 15) is 18.0 Å². The number of halogens is 3. The first kappa shape index (κ1) is 15.3. The highest BCUT2D eigenvalue weighted by Crippen LogP contribution is 2.42. The predicted molar refractivity (Wildman–Crippen MR) is 75.5 cm³/mol. The minimum atomic E-state index is -4.46. The second-order valence-corrected chi connectivity index (χ2v) is 6.26. The highest BCUT2D eigenvalue weighted by atomic mass is 19.4. The zero-order valence-corrected chi connectivity index (χ0v) is 12.3. The van der Waals surface area contributed by atoms with Gasteiger partial charge in [0.05, 0.1) is 11.9 Å². The minimum absolute atomic E-state index is 0.0217. The second kappa shape index (κ2) is 5.22. The predicted octanol–water partition coefficient (Wildman–Crippen LogP) is 2.52.